The number of amides is 1. The maximum atomic E-state index is 12.5. The van der Waals surface area contributed by atoms with E-state index in [0.717, 1.165) is 29.4 Å². The first-order chi connectivity index (χ1) is 9.16. The number of aromatic nitrogens is 2. The number of fused-ring (bicyclic) bond motifs is 1. The highest BCUT2D eigenvalue weighted by molar-refractivity contribution is 6.03. The molecule has 5 heteroatoms. The molecule has 1 amide bonds. The predicted molar refractivity (Wildman–Crippen MR) is 76.8 cm³/mol. The molecule has 0 unspecified atom stereocenters. The third-order valence-corrected chi connectivity index (χ3v) is 3.96. The number of nitrogens with zero attached hydrogens (tertiary/aromatic N) is 1. The van der Waals surface area contributed by atoms with Crippen LogP contribution in [0.5, 0.6) is 0 Å². The van der Waals surface area contributed by atoms with E-state index >= 15 is 0 Å². The van der Waals surface area contributed by atoms with Gasteiger partial charge in [-0.1, -0.05) is 19.9 Å². The number of rotatable bonds is 5. The molecule has 0 saturated carbocycles. The van der Waals surface area contributed by atoms with Gasteiger partial charge in [0, 0.05) is 11.9 Å². The summed E-state index contributed by atoms with van der Waals surface area (Å²) in [4.78, 5) is 12.5. The van der Waals surface area contributed by atoms with Crippen LogP contribution in [-0.4, -0.2) is 22.6 Å². The van der Waals surface area contributed by atoms with Gasteiger partial charge in [0.25, 0.3) is 0 Å². The lowest BCUT2D eigenvalue weighted by Crippen LogP contribution is -2.41. The zero-order valence-corrected chi connectivity index (χ0v) is 11.4. The molecule has 4 N–H and O–H groups in total. The van der Waals surface area contributed by atoms with Crippen molar-refractivity contribution in [3.05, 3.63) is 24.4 Å². The van der Waals surface area contributed by atoms with Gasteiger partial charge in [-0.15, -0.1) is 0 Å². The topological polar surface area (TPSA) is 83.8 Å². The number of hydrogen-bond donors (Lipinski definition) is 3. The van der Waals surface area contributed by atoms with E-state index in [0.29, 0.717) is 6.54 Å². The molecular formula is C14H20N4O. The highest BCUT2D eigenvalue weighted by atomic mass is 16.2. The van der Waals surface area contributed by atoms with Crippen molar-refractivity contribution >= 4 is 22.5 Å². The molecule has 1 heterocycles. The van der Waals surface area contributed by atoms with Crippen molar-refractivity contribution in [2.24, 2.45) is 11.1 Å². The fourth-order valence-corrected chi connectivity index (χ4v) is 2.28. The lowest BCUT2D eigenvalue weighted by molar-refractivity contribution is -0.125. The van der Waals surface area contributed by atoms with Crippen LogP contribution in [0, 0.1) is 5.41 Å². The summed E-state index contributed by atoms with van der Waals surface area (Å²) in [6.07, 6.45) is 3.17. The summed E-state index contributed by atoms with van der Waals surface area (Å²) in [5.74, 6) is -0.0197. The molecule has 2 rings (SSSR count). The normalized spacial score (nSPS) is 11.7. The van der Waals surface area contributed by atoms with Crippen LogP contribution in [0.1, 0.15) is 26.7 Å². The SMILES string of the molecule is CCC(CC)(CN)C(=O)Nc1cccc2[nH]ncc12. The molecule has 0 aliphatic heterocycles. The van der Waals surface area contributed by atoms with E-state index < -0.39 is 5.41 Å². The van der Waals surface area contributed by atoms with E-state index in [1.165, 1.54) is 0 Å². The summed E-state index contributed by atoms with van der Waals surface area (Å²) >= 11 is 0. The number of carbonyl (C=O) groups excluding carboxylic acids is 1. The molecule has 19 heavy (non-hydrogen) atoms. The average Bonchev–Trinajstić information content (AvgIpc) is 2.91. The van der Waals surface area contributed by atoms with Gasteiger partial charge in [-0.25, -0.2) is 0 Å². The Balaban J connectivity index is 2.30. The summed E-state index contributed by atoms with van der Waals surface area (Å²) in [6.45, 7) is 4.34. The standard InChI is InChI=1S/C14H20N4O/c1-3-14(4-2,9-15)13(19)17-11-6-5-7-12-10(11)8-16-18-12/h5-8H,3-4,9,15H2,1-2H3,(H,16,18)(H,17,19). The van der Waals surface area contributed by atoms with E-state index in [1.807, 2.05) is 32.0 Å². The molecule has 1 aromatic carbocycles. The van der Waals surface area contributed by atoms with E-state index in [4.69, 9.17) is 5.73 Å². The fraction of sp³-hybridized carbons (Fsp3) is 0.429. The number of anilines is 1. The van der Waals surface area contributed by atoms with Crippen LogP contribution < -0.4 is 11.1 Å². The van der Waals surface area contributed by atoms with Gasteiger partial charge in [-0.05, 0) is 25.0 Å². The lowest BCUT2D eigenvalue weighted by Gasteiger charge is -2.28. The van der Waals surface area contributed by atoms with E-state index in [1.54, 1.807) is 6.20 Å². The predicted octanol–water partition coefficient (Wildman–Crippen LogP) is 2.27. The van der Waals surface area contributed by atoms with Crippen molar-refractivity contribution in [3.8, 4) is 0 Å². The van der Waals surface area contributed by atoms with Crippen molar-refractivity contribution in [3.63, 3.8) is 0 Å². The van der Waals surface area contributed by atoms with E-state index in [2.05, 4.69) is 15.5 Å². The second-order valence-corrected chi connectivity index (χ2v) is 4.78. The zero-order chi connectivity index (χ0) is 13.9. The number of aromatic amines is 1. The Morgan fingerprint density at radius 1 is 1.42 bits per heavy atom. The molecule has 0 bridgehead atoms. The molecule has 0 aliphatic rings. The van der Waals surface area contributed by atoms with Gasteiger partial charge in [-0.2, -0.15) is 5.10 Å². The number of benzene rings is 1. The number of nitrogens with one attached hydrogen (secondary N) is 2. The summed E-state index contributed by atoms with van der Waals surface area (Å²) in [5.41, 5.74) is 6.98. The minimum atomic E-state index is -0.494. The van der Waals surface area contributed by atoms with Gasteiger partial charge >= 0.3 is 0 Å². The monoisotopic (exact) mass is 260 g/mol. The van der Waals surface area contributed by atoms with Crippen molar-refractivity contribution in [2.45, 2.75) is 26.7 Å². The van der Waals surface area contributed by atoms with E-state index in [9.17, 15) is 4.79 Å². The fourth-order valence-electron chi connectivity index (χ4n) is 2.28. The molecule has 0 saturated heterocycles. The molecule has 0 spiro atoms. The lowest BCUT2D eigenvalue weighted by atomic mass is 9.81. The molecule has 5 nitrogen and oxygen atoms in total. The smallest absolute Gasteiger partial charge is 0.231 e. The first-order valence-corrected chi connectivity index (χ1v) is 6.60. The van der Waals surface area contributed by atoms with Crippen molar-refractivity contribution in [1.82, 2.24) is 10.2 Å². The Morgan fingerprint density at radius 2 is 2.16 bits per heavy atom. The van der Waals surface area contributed by atoms with Gasteiger partial charge in [-0.3, -0.25) is 9.89 Å². The van der Waals surface area contributed by atoms with Crippen molar-refractivity contribution in [1.29, 1.82) is 0 Å². The third-order valence-electron chi connectivity index (χ3n) is 3.96. The largest absolute Gasteiger partial charge is 0.329 e. The quantitative estimate of drug-likeness (QED) is 0.771. The van der Waals surface area contributed by atoms with Crippen LogP contribution in [-0.2, 0) is 4.79 Å². The Hall–Kier alpha value is -1.88. The molecule has 0 fully saturated rings. The first-order valence-electron chi connectivity index (χ1n) is 6.60. The van der Waals surface area contributed by atoms with Crippen LogP contribution in [0.15, 0.2) is 24.4 Å². The molecule has 0 radical (unpaired) electrons. The van der Waals surface area contributed by atoms with Gasteiger partial charge in [0.1, 0.15) is 0 Å². The Kier molecular flexibility index (Phi) is 3.85. The van der Waals surface area contributed by atoms with E-state index in [-0.39, 0.29) is 5.91 Å². The van der Waals surface area contributed by atoms with Crippen LogP contribution >= 0.6 is 0 Å². The summed E-state index contributed by atoms with van der Waals surface area (Å²) < 4.78 is 0. The molecule has 0 aliphatic carbocycles. The highest BCUT2D eigenvalue weighted by Crippen LogP contribution is 2.29. The number of H-pyrrole nitrogens is 1. The first kappa shape index (κ1) is 13.5. The zero-order valence-electron chi connectivity index (χ0n) is 11.4. The second-order valence-electron chi connectivity index (χ2n) is 4.78. The van der Waals surface area contributed by atoms with Gasteiger partial charge in [0.05, 0.1) is 22.8 Å². The molecule has 102 valence electrons. The summed E-state index contributed by atoms with van der Waals surface area (Å²) in [5, 5.41) is 10.8. The number of nitrogens with two attached hydrogens (primary N) is 1. The van der Waals surface area contributed by atoms with Gasteiger partial charge < -0.3 is 11.1 Å². The Labute approximate surface area is 112 Å². The Bertz CT molecular complexity index is 563. The minimum absolute atomic E-state index is 0.0197. The number of carbonyl (C=O) groups is 1. The van der Waals surface area contributed by atoms with Gasteiger partial charge in [0.15, 0.2) is 0 Å². The van der Waals surface area contributed by atoms with Crippen LogP contribution in [0.3, 0.4) is 0 Å². The molecule has 1 aromatic heterocycles. The van der Waals surface area contributed by atoms with Gasteiger partial charge in [0.2, 0.25) is 5.91 Å². The van der Waals surface area contributed by atoms with Crippen LogP contribution in [0.25, 0.3) is 10.9 Å². The summed E-state index contributed by atoms with van der Waals surface area (Å²) in [7, 11) is 0. The van der Waals surface area contributed by atoms with Crippen LogP contribution in [0.4, 0.5) is 5.69 Å². The molecular weight excluding hydrogens is 240 g/mol. The highest BCUT2D eigenvalue weighted by Gasteiger charge is 2.33. The van der Waals surface area contributed by atoms with Crippen molar-refractivity contribution in [2.75, 3.05) is 11.9 Å². The maximum Gasteiger partial charge on any atom is 0.231 e. The van der Waals surface area contributed by atoms with Crippen LogP contribution in [0.2, 0.25) is 0 Å². The Morgan fingerprint density at radius 3 is 2.79 bits per heavy atom. The third kappa shape index (κ3) is 2.33. The average molecular weight is 260 g/mol. The van der Waals surface area contributed by atoms with Crippen molar-refractivity contribution < 1.29 is 4.79 Å². The number of hydrogen-bond acceptors (Lipinski definition) is 3. The summed E-state index contributed by atoms with van der Waals surface area (Å²) in [6, 6.07) is 5.69. The molecule has 0 atom stereocenters. The minimum Gasteiger partial charge on any atom is -0.329 e. The maximum absolute atomic E-state index is 12.5. The molecule has 2 aromatic rings. The second kappa shape index (κ2) is 5.40.